The van der Waals surface area contributed by atoms with Crippen molar-refractivity contribution in [3.05, 3.63) is 10.00 Å². The van der Waals surface area contributed by atoms with Crippen molar-refractivity contribution in [2.45, 2.75) is 0 Å². The monoisotopic (exact) mass is 180 g/mol. The second kappa shape index (κ2) is 5.95. The lowest BCUT2D eigenvalue weighted by molar-refractivity contribution is 0.183. The fraction of sp³-hybridized carbons (Fsp3) is 0.667. The summed E-state index contributed by atoms with van der Waals surface area (Å²) in [7, 11) is 1.56. The highest BCUT2D eigenvalue weighted by molar-refractivity contribution is 8.21. The molecule has 0 saturated heterocycles. The van der Waals surface area contributed by atoms with Gasteiger partial charge in [0.15, 0.2) is 0 Å². The lowest BCUT2D eigenvalue weighted by Crippen LogP contribution is -1.94. The van der Waals surface area contributed by atoms with Crippen LogP contribution >= 0.6 is 23.5 Å². The molecule has 0 heterocycles. The summed E-state index contributed by atoms with van der Waals surface area (Å²) < 4.78 is 5.67. The molecule has 10 heavy (non-hydrogen) atoms. The Morgan fingerprint density at radius 3 is 2.20 bits per heavy atom. The van der Waals surface area contributed by atoms with Gasteiger partial charge < -0.3 is 9.84 Å². The van der Waals surface area contributed by atoms with Crippen LogP contribution in [0.4, 0.5) is 0 Å². The Morgan fingerprint density at radius 1 is 1.40 bits per heavy atom. The van der Waals surface area contributed by atoms with E-state index in [-0.39, 0.29) is 0 Å². The summed E-state index contributed by atoms with van der Waals surface area (Å²) >= 11 is 3.06. The molecule has 0 unspecified atom stereocenters. The predicted octanol–water partition coefficient (Wildman–Crippen LogP) is 2.09. The molecule has 0 rings (SSSR count). The largest absolute Gasteiger partial charge is 0.508 e. The average Bonchev–Trinajstić information content (AvgIpc) is 1.91. The first-order chi connectivity index (χ1) is 4.76. The summed E-state index contributed by atoms with van der Waals surface area (Å²) in [4.78, 5) is 0. The maximum atomic E-state index is 9.22. The molecule has 0 aliphatic rings. The zero-order valence-electron chi connectivity index (χ0n) is 6.38. The number of aliphatic hydroxyl groups excluding tert-OH is 1. The van der Waals surface area contributed by atoms with Crippen LogP contribution in [0.15, 0.2) is 10.00 Å². The maximum absolute atomic E-state index is 9.22. The van der Waals surface area contributed by atoms with Crippen molar-refractivity contribution in [1.82, 2.24) is 0 Å². The summed E-state index contributed by atoms with van der Waals surface area (Å²) in [5, 5.41) is 9.22. The summed E-state index contributed by atoms with van der Waals surface area (Å²) in [5.41, 5.74) is 0. The Hall–Kier alpha value is 0.200. The molecule has 2 nitrogen and oxygen atoms in total. The fourth-order valence-electron chi connectivity index (χ4n) is 0.515. The van der Waals surface area contributed by atoms with E-state index in [1.54, 1.807) is 7.11 Å². The Balaban J connectivity index is 3.98. The van der Waals surface area contributed by atoms with E-state index in [0.29, 0.717) is 12.4 Å². The van der Waals surface area contributed by atoms with E-state index in [9.17, 15) is 5.11 Å². The van der Waals surface area contributed by atoms with Gasteiger partial charge in [-0.1, -0.05) is 0 Å². The maximum Gasteiger partial charge on any atom is 0.138 e. The molecule has 4 heteroatoms. The quantitative estimate of drug-likeness (QED) is 0.671. The first kappa shape index (κ1) is 10.2. The molecular weight excluding hydrogens is 168 g/mol. The Kier molecular flexibility index (Phi) is 6.06. The van der Waals surface area contributed by atoms with Gasteiger partial charge in [-0.05, 0) is 12.5 Å². The topological polar surface area (TPSA) is 29.5 Å². The van der Waals surface area contributed by atoms with Gasteiger partial charge in [-0.2, -0.15) is 0 Å². The van der Waals surface area contributed by atoms with Crippen LogP contribution in [0, 0.1) is 0 Å². The van der Waals surface area contributed by atoms with Gasteiger partial charge >= 0.3 is 0 Å². The zero-order valence-corrected chi connectivity index (χ0v) is 8.01. The van der Waals surface area contributed by atoms with Crippen molar-refractivity contribution in [3.63, 3.8) is 0 Å². The minimum atomic E-state index is 0.303. The van der Waals surface area contributed by atoms with Crippen LogP contribution in [-0.2, 0) is 4.74 Å². The van der Waals surface area contributed by atoms with E-state index >= 15 is 0 Å². The molecule has 0 saturated carbocycles. The van der Waals surface area contributed by atoms with Crippen molar-refractivity contribution in [2.24, 2.45) is 0 Å². The molecule has 0 aromatic carbocycles. The average molecular weight is 180 g/mol. The number of ether oxygens (including phenoxy) is 1. The Labute approximate surface area is 70.0 Å². The van der Waals surface area contributed by atoms with Crippen molar-refractivity contribution in [2.75, 3.05) is 26.2 Å². The highest BCUT2D eigenvalue weighted by atomic mass is 32.2. The molecule has 0 aromatic heterocycles. The second-order valence-corrected chi connectivity index (χ2v) is 3.47. The Morgan fingerprint density at radius 2 is 1.90 bits per heavy atom. The summed E-state index contributed by atoms with van der Waals surface area (Å²) in [5.74, 6) is 0.322. The van der Waals surface area contributed by atoms with Crippen molar-refractivity contribution >= 4 is 23.5 Å². The molecule has 1 N–H and O–H groups in total. The first-order valence-corrected chi connectivity index (χ1v) is 5.20. The number of methoxy groups -OCH3 is 1. The SMILES string of the molecule is COCC(O)=C(SC)SC. The molecule has 60 valence electrons. The third-order valence-electron chi connectivity index (χ3n) is 0.887. The van der Waals surface area contributed by atoms with Crippen LogP contribution in [0.3, 0.4) is 0 Å². The molecule has 0 radical (unpaired) electrons. The number of aliphatic hydroxyl groups is 1. The van der Waals surface area contributed by atoms with Crippen LogP contribution in [0.2, 0.25) is 0 Å². The smallest absolute Gasteiger partial charge is 0.138 e. The molecule has 0 fully saturated rings. The molecular formula is C6H12O2S2. The lowest BCUT2D eigenvalue weighted by atomic mass is 10.6. The van der Waals surface area contributed by atoms with Crippen LogP contribution < -0.4 is 0 Å². The third kappa shape index (κ3) is 3.39. The molecule has 0 atom stereocenters. The van der Waals surface area contributed by atoms with E-state index < -0.39 is 0 Å². The van der Waals surface area contributed by atoms with E-state index in [1.807, 2.05) is 12.5 Å². The van der Waals surface area contributed by atoms with Crippen LogP contribution in [0.1, 0.15) is 0 Å². The van der Waals surface area contributed by atoms with Crippen LogP contribution in [0.5, 0.6) is 0 Å². The van der Waals surface area contributed by atoms with E-state index in [4.69, 9.17) is 4.74 Å². The van der Waals surface area contributed by atoms with Gasteiger partial charge in [0.2, 0.25) is 0 Å². The zero-order chi connectivity index (χ0) is 7.98. The van der Waals surface area contributed by atoms with Gasteiger partial charge in [-0.15, -0.1) is 23.5 Å². The molecule has 0 aliphatic carbocycles. The summed E-state index contributed by atoms with van der Waals surface area (Å²) in [6, 6.07) is 0. The Bertz CT molecular complexity index is 117. The van der Waals surface area contributed by atoms with E-state index in [1.165, 1.54) is 23.5 Å². The molecule has 0 amide bonds. The molecule has 0 bridgehead atoms. The third-order valence-corrected chi connectivity index (χ3v) is 3.10. The van der Waals surface area contributed by atoms with Crippen LogP contribution in [-0.4, -0.2) is 31.3 Å². The van der Waals surface area contributed by atoms with Crippen molar-refractivity contribution in [1.29, 1.82) is 0 Å². The number of hydrogen-bond acceptors (Lipinski definition) is 4. The van der Waals surface area contributed by atoms with Gasteiger partial charge in [0, 0.05) is 7.11 Å². The molecule has 0 aromatic rings. The second-order valence-electron chi connectivity index (χ2n) is 1.58. The fourth-order valence-corrected chi connectivity index (χ4v) is 1.77. The van der Waals surface area contributed by atoms with E-state index in [2.05, 4.69) is 0 Å². The first-order valence-electron chi connectivity index (χ1n) is 2.75. The standard InChI is InChI=1S/C6H12O2S2/c1-8-4-5(7)6(9-2)10-3/h7H,4H2,1-3H3. The van der Waals surface area contributed by atoms with Gasteiger partial charge in [-0.3, -0.25) is 0 Å². The minimum absolute atomic E-state index is 0.303. The normalized spacial score (nSPS) is 9.50. The predicted molar refractivity (Wildman–Crippen MR) is 48.6 cm³/mol. The number of hydrogen-bond donors (Lipinski definition) is 1. The van der Waals surface area contributed by atoms with Gasteiger partial charge in [0.25, 0.3) is 0 Å². The number of thioether (sulfide) groups is 2. The lowest BCUT2D eigenvalue weighted by Gasteiger charge is -2.03. The van der Waals surface area contributed by atoms with E-state index in [0.717, 1.165) is 4.24 Å². The van der Waals surface area contributed by atoms with Crippen LogP contribution in [0.25, 0.3) is 0 Å². The number of rotatable bonds is 4. The summed E-state index contributed by atoms with van der Waals surface area (Å²) in [6.07, 6.45) is 3.86. The highest BCUT2D eigenvalue weighted by Gasteiger charge is 2.00. The van der Waals surface area contributed by atoms with Gasteiger partial charge in [0.1, 0.15) is 12.4 Å². The van der Waals surface area contributed by atoms with Crippen molar-refractivity contribution in [3.8, 4) is 0 Å². The molecule has 0 aliphatic heterocycles. The highest BCUT2D eigenvalue weighted by Crippen LogP contribution is 2.25. The summed E-state index contributed by atoms with van der Waals surface area (Å²) in [6.45, 7) is 0.303. The van der Waals surface area contributed by atoms with Gasteiger partial charge in [-0.25, -0.2) is 0 Å². The van der Waals surface area contributed by atoms with Gasteiger partial charge in [0.05, 0.1) is 4.24 Å². The molecule has 0 spiro atoms. The minimum Gasteiger partial charge on any atom is -0.508 e. The van der Waals surface area contributed by atoms with Crippen molar-refractivity contribution < 1.29 is 9.84 Å².